The molecule has 3 N–H and O–H groups in total. The van der Waals surface area contributed by atoms with Crippen LogP contribution in [0.25, 0.3) is 21.9 Å². The van der Waals surface area contributed by atoms with E-state index in [2.05, 4.69) is 10.2 Å². The number of nitrogens with two attached hydrogens (primary N) is 1. The Hall–Kier alpha value is -2.01. The number of aromatic nitrogens is 3. The highest BCUT2D eigenvalue weighted by molar-refractivity contribution is 6.31. The van der Waals surface area contributed by atoms with Gasteiger partial charge in [0.15, 0.2) is 5.65 Å². The normalized spacial score (nSPS) is 11.4. The predicted octanol–water partition coefficient (Wildman–Crippen LogP) is 1.65. The van der Waals surface area contributed by atoms with Crippen molar-refractivity contribution in [1.29, 1.82) is 0 Å². The molecule has 1 aromatic carbocycles. The molecule has 0 atom stereocenters. The molecule has 2 heterocycles. The number of fused-ring (bicyclic) bond motifs is 2. The molecule has 0 aliphatic heterocycles. The van der Waals surface area contributed by atoms with E-state index in [-0.39, 0.29) is 11.2 Å². The molecule has 5 nitrogen and oxygen atoms in total. The minimum atomic E-state index is -0.151. The summed E-state index contributed by atoms with van der Waals surface area (Å²) in [4.78, 5) is 12.3. The highest BCUT2D eigenvalue weighted by Gasteiger charge is 2.13. The summed E-state index contributed by atoms with van der Waals surface area (Å²) in [7, 11) is 1.83. The third-order valence-corrected chi connectivity index (χ3v) is 3.12. The molecule has 6 heteroatoms. The molecule has 0 unspecified atom stereocenters. The number of aromatic amines is 1. The molecule has 0 saturated heterocycles. The van der Waals surface area contributed by atoms with Gasteiger partial charge in [-0.2, -0.15) is 5.10 Å². The van der Waals surface area contributed by atoms with Crippen LogP contribution in [0.4, 0.5) is 5.82 Å². The second kappa shape index (κ2) is 3.24. The van der Waals surface area contributed by atoms with Crippen LogP contribution in [0.3, 0.4) is 0 Å². The molecule has 0 aliphatic rings. The monoisotopic (exact) mass is 248 g/mol. The summed E-state index contributed by atoms with van der Waals surface area (Å²) in [6.07, 6.45) is 0. The van der Waals surface area contributed by atoms with Gasteiger partial charge in [0.05, 0.1) is 5.52 Å². The Kier molecular flexibility index (Phi) is 1.94. The van der Waals surface area contributed by atoms with Crippen LogP contribution >= 0.6 is 11.6 Å². The average Bonchev–Trinajstić information content (AvgIpc) is 2.68. The van der Waals surface area contributed by atoms with E-state index < -0.39 is 0 Å². The summed E-state index contributed by atoms with van der Waals surface area (Å²) < 4.78 is 1.81. The van der Waals surface area contributed by atoms with Gasteiger partial charge in [0, 0.05) is 17.5 Å². The van der Waals surface area contributed by atoms with Gasteiger partial charge in [-0.3, -0.25) is 9.89 Å². The summed E-state index contributed by atoms with van der Waals surface area (Å²) in [5, 5.41) is 8.12. The third kappa shape index (κ3) is 1.26. The van der Waals surface area contributed by atoms with E-state index in [4.69, 9.17) is 17.3 Å². The SMILES string of the molecule is Cn1c2ccc(Cl)cc2c(=O)c2c(N)[nH]nc21. The van der Waals surface area contributed by atoms with Gasteiger partial charge < -0.3 is 10.3 Å². The number of benzene rings is 1. The number of halogens is 1. The van der Waals surface area contributed by atoms with E-state index in [1.54, 1.807) is 18.2 Å². The minimum Gasteiger partial charge on any atom is -0.383 e. The molecule has 0 fully saturated rings. The van der Waals surface area contributed by atoms with Gasteiger partial charge in [-0.1, -0.05) is 11.6 Å². The Morgan fingerprint density at radius 3 is 3.00 bits per heavy atom. The largest absolute Gasteiger partial charge is 0.383 e. The van der Waals surface area contributed by atoms with Crippen LogP contribution in [-0.2, 0) is 7.05 Å². The molecule has 86 valence electrons. The van der Waals surface area contributed by atoms with Crippen LogP contribution in [0.15, 0.2) is 23.0 Å². The van der Waals surface area contributed by atoms with E-state index in [9.17, 15) is 4.79 Å². The lowest BCUT2D eigenvalue weighted by Crippen LogP contribution is -2.09. The molecule has 3 rings (SSSR count). The Morgan fingerprint density at radius 1 is 1.47 bits per heavy atom. The number of H-pyrrole nitrogens is 1. The minimum absolute atomic E-state index is 0.151. The van der Waals surface area contributed by atoms with Crippen molar-refractivity contribution in [2.24, 2.45) is 7.05 Å². The van der Waals surface area contributed by atoms with Gasteiger partial charge in [-0.05, 0) is 18.2 Å². The van der Waals surface area contributed by atoms with Gasteiger partial charge in [-0.25, -0.2) is 0 Å². The first-order valence-electron chi connectivity index (χ1n) is 5.01. The fraction of sp³-hybridized carbons (Fsp3) is 0.0909. The number of nitrogens with one attached hydrogen (secondary N) is 1. The van der Waals surface area contributed by atoms with Crippen LogP contribution in [0.1, 0.15) is 0 Å². The first-order valence-corrected chi connectivity index (χ1v) is 5.39. The number of aryl methyl sites for hydroxylation is 1. The van der Waals surface area contributed by atoms with Crippen molar-refractivity contribution < 1.29 is 0 Å². The van der Waals surface area contributed by atoms with Gasteiger partial charge >= 0.3 is 0 Å². The quantitative estimate of drug-likeness (QED) is 0.635. The van der Waals surface area contributed by atoms with Gasteiger partial charge in [0.2, 0.25) is 5.43 Å². The van der Waals surface area contributed by atoms with Crippen LogP contribution in [0.2, 0.25) is 5.02 Å². The van der Waals surface area contributed by atoms with Crippen LogP contribution in [-0.4, -0.2) is 14.8 Å². The number of hydrogen-bond donors (Lipinski definition) is 2. The first-order chi connectivity index (χ1) is 8.09. The highest BCUT2D eigenvalue weighted by atomic mass is 35.5. The first kappa shape index (κ1) is 10.2. The third-order valence-electron chi connectivity index (χ3n) is 2.88. The maximum Gasteiger partial charge on any atom is 0.202 e. The number of pyridine rings is 1. The molecule has 0 spiro atoms. The van der Waals surface area contributed by atoms with Crippen molar-refractivity contribution in [2.45, 2.75) is 0 Å². The summed E-state index contributed by atoms with van der Waals surface area (Å²) in [5.74, 6) is 0.280. The Morgan fingerprint density at radius 2 is 2.24 bits per heavy atom. The molecule has 0 saturated carbocycles. The summed E-state index contributed by atoms with van der Waals surface area (Å²) >= 11 is 5.91. The van der Waals surface area contributed by atoms with Crippen molar-refractivity contribution in [3.63, 3.8) is 0 Å². The lowest BCUT2D eigenvalue weighted by Gasteiger charge is -2.06. The predicted molar refractivity (Wildman–Crippen MR) is 68.3 cm³/mol. The number of hydrogen-bond acceptors (Lipinski definition) is 3. The van der Waals surface area contributed by atoms with E-state index >= 15 is 0 Å². The van der Waals surface area contributed by atoms with Crippen LogP contribution in [0, 0.1) is 0 Å². The van der Waals surface area contributed by atoms with Crippen LogP contribution < -0.4 is 11.2 Å². The van der Waals surface area contributed by atoms with Gasteiger partial charge in [0.1, 0.15) is 11.2 Å². The topological polar surface area (TPSA) is 76.7 Å². The van der Waals surface area contributed by atoms with Crippen molar-refractivity contribution in [3.8, 4) is 0 Å². The second-order valence-corrected chi connectivity index (χ2v) is 4.32. The zero-order valence-electron chi connectivity index (χ0n) is 8.99. The molecule has 0 amide bonds. The second-order valence-electron chi connectivity index (χ2n) is 3.89. The molecule has 0 aliphatic carbocycles. The summed E-state index contributed by atoms with van der Waals surface area (Å²) in [6.45, 7) is 0. The number of anilines is 1. The van der Waals surface area contributed by atoms with Crippen molar-refractivity contribution >= 4 is 39.4 Å². The van der Waals surface area contributed by atoms with Gasteiger partial charge in [-0.15, -0.1) is 0 Å². The summed E-state index contributed by atoms with van der Waals surface area (Å²) in [5.41, 5.74) is 6.88. The smallest absolute Gasteiger partial charge is 0.202 e. The molecule has 3 aromatic rings. The molecule has 2 aromatic heterocycles. The number of nitrogen functional groups attached to an aromatic ring is 1. The number of rotatable bonds is 0. The molecule has 0 radical (unpaired) electrons. The summed E-state index contributed by atoms with van der Waals surface area (Å²) in [6, 6.07) is 5.18. The Bertz CT molecular complexity index is 802. The number of nitrogens with zero attached hydrogens (tertiary/aromatic N) is 2. The lowest BCUT2D eigenvalue weighted by molar-refractivity contribution is 0.958. The van der Waals surface area contributed by atoms with E-state index in [1.807, 2.05) is 11.6 Å². The van der Waals surface area contributed by atoms with Crippen molar-refractivity contribution in [3.05, 3.63) is 33.4 Å². The average molecular weight is 249 g/mol. The van der Waals surface area contributed by atoms with E-state index in [0.717, 1.165) is 5.52 Å². The lowest BCUT2D eigenvalue weighted by atomic mass is 10.1. The zero-order chi connectivity index (χ0) is 12.2. The fourth-order valence-corrected chi connectivity index (χ4v) is 2.22. The maximum atomic E-state index is 12.3. The van der Waals surface area contributed by atoms with E-state index in [0.29, 0.717) is 21.4 Å². The van der Waals surface area contributed by atoms with Crippen molar-refractivity contribution in [1.82, 2.24) is 14.8 Å². The Balaban J connectivity index is 2.70. The molecule has 0 bridgehead atoms. The van der Waals surface area contributed by atoms with Crippen molar-refractivity contribution in [2.75, 3.05) is 5.73 Å². The van der Waals surface area contributed by atoms with Crippen LogP contribution in [0.5, 0.6) is 0 Å². The molecule has 17 heavy (non-hydrogen) atoms. The van der Waals surface area contributed by atoms with E-state index in [1.165, 1.54) is 0 Å². The maximum absolute atomic E-state index is 12.3. The molecular formula is C11H9ClN4O. The fourth-order valence-electron chi connectivity index (χ4n) is 2.04. The standard InChI is InChI=1S/C11H9ClN4O/c1-16-7-3-2-5(12)4-6(7)9(17)8-10(13)14-15-11(8)16/h2-4H,1H3,(H3,13,14,15). The highest BCUT2D eigenvalue weighted by Crippen LogP contribution is 2.22. The van der Waals surface area contributed by atoms with Gasteiger partial charge in [0.25, 0.3) is 0 Å². The Labute approximate surface area is 101 Å². The zero-order valence-corrected chi connectivity index (χ0v) is 9.75. The molecular weight excluding hydrogens is 240 g/mol.